The first-order chi connectivity index (χ1) is 12.9. The SMILES string of the molecule is CC(C)[C@](C)(C#N)NC(=O)CN1CCN(Cc2ccc3c(c2)OCO3)CC1. The van der Waals surface area contributed by atoms with Gasteiger partial charge in [0.25, 0.3) is 0 Å². The van der Waals surface area contributed by atoms with Gasteiger partial charge in [-0.15, -0.1) is 0 Å². The number of ether oxygens (including phenoxy) is 2. The Labute approximate surface area is 160 Å². The number of nitrogens with zero attached hydrogens (tertiary/aromatic N) is 3. The van der Waals surface area contributed by atoms with Crippen molar-refractivity contribution in [1.29, 1.82) is 5.26 Å². The van der Waals surface area contributed by atoms with Gasteiger partial charge in [-0.3, -0.25) is 14.6 Å². The summed E-state index contributed by atoms with van der Waals surface area (Å²) in [6.45, 7) is 10.6. The van der Waals surface area contributed by atoms with Crippen LogP contribution < -0.4 is 14.8 Å². The smallest absolute Gasteiger partial charge is 0.235 e. The highest BCUT2D eigenvalue weighted by molar-refractivity contribution is 5.79. The minimum atomic E-state index is -0.821. The van der Waals surface area contributed by atoms with Crippen LogP contribution in [0.3, 0.4) is 0 Å². The number of hydrogen-bond acceptors (Lipinski definition) is 6. The molecular formula is C20H28N4O3. The molecule has 146 valence electrons. The van der Waals surface area contributed by atoms with E-state index in [1.807, 2.05) is 26.0 Å². The van der Waals surface area contributed by atoms with Crippen LogP contribution in [-0.2, 0) is 11.3 Å². The molecule has 7 heteroatoms. The maximum Gasteiger partial charge on any atom is 0.235 e. The first-order valence-corrected chi connectivity index (χ1v) is 9.45. The van der Waals surface area contributed by atoms with Crippen molar-refractivity contribution in [3.8, 4) is 17.6 Å². The molecule has 0 saturated carbocycles. The number of benzene rings is 1. The Balaban J connectivity index is 1.45. The van der Waals surface area contributed by atoms with Gasteiger partial charge in [0.2, 0.25) is 12.7 Å². The molecular weight excluding hydrogens is 344 g/mol. The van der Waals surface area contributed by atoms with Gasteiger partial charge in [-0.25, -0.2) is 0 Å². The molecule has 1 fully saturated rings. The first kappa shape index (κ1) is 19.5. The topological polar surface area (TPSA) is 77.8 Å². The van der Waals surface area contributed by atoms with Crippen LogP contribution in [0.5, 0.6) is 11.5 Å². The predicted octanol–water partition coefficient (Wildman–Crippen LogP) is 1.59. The summed E-state index contributed by atoms with van der Waals surface area (Å²) in [5, 5.41) is 12.2. The quantitative estimate of drug-likeness (QED) is 0.817. The van der Waals surface area contributed by atoms with E-state index in [0.717, 1.165) is 44.2 Å². The van der Waals surface area contributed by atoms with Crippen LogP contribution in [0.25, 0.3) is 0 Å². The van der Waals surface area contributed by atoms with Crippen LogP contribution >= 0.6 is 0 Å². The summed E-state index contributed by atoms with van der Waals surface area (Å²) in [5.41, 5.74) is 0.380. The molecule has 0 bridgehead atoms. The summed E-state index contributed by atoms with van der Waals surface area (Å²) < 4.78 is 10.8. The van der Waals surface area contributed by atoms with Gasteiger partial charge < -0.3 is 14.8 Å². The molecule has 2 heterocycles. The van der Waals surface area contributed by atoms with E-state index in [0.29, 0.717) is 13.3 Å². The van der Waals surface area contributed by atoms with Crippen LogP contribution in [0.1, 0.15) is 26.3 Å². The van der Waals surface area contributed by atoms with Crippen LogP contribution in [0.2, 0.25) is 0 Å². The van der Waals surface area contributed by atoms with Crippen molar-refractivity contribution in [3.05, 3.63) is 23.8 Å². The van der Waals surface area contributed by atoms with Crippen LogP contribution in [-0.4, -0.2) is 60.8 Å². The molecule has 0 aliphatic carbocycles. The number of fused-ring (bicyclic) bond motifs is 1. The van der Waals surface area contributed by atoms with Crippen molar-refractivity contribution in [3.63, 3.8) is 0 Å². The lowest BCUT2D eigenvalue weighted by atomic mass is 9.90. The lowest BCUT2D eigenvalue weighted by molar-refractivity contribution is -0.124. The monoisotopic (exact) mass is 372 g/mol. The molecule has 3 rings (SSSR count). The Hall–Kier alpha value is -2.30. The largest absolute Gasteiger partial charge is 0.454 e. The van der Waals surface area contributed by atoms with E-state index in [1.54, 1.807) is 6.92 Å². The summed E-state index contributed by atoms with van der Waals surface area (Å²) in [5.74, 6) is 1.59. The molecule has 2 aliphatic heterocycles. The highest BCUT2D eigenvalue weighted by Crippen LogP contribution is 2.32. The van der Waals surface area contributed by atoms with Crippen molar-refractivity contribution in [2.45, 2.75) is 32.9 Å². The van der Waals surface area contributed by atoms with Gasteiger partial charge in [-0.1, -0.05) is 19.9 Å². The molecule has 0 unspecified atom stereocenters. The van der Waals surface area contributed by atoms with Gasteiger partial charge in [0.1, 0.15) is 5.54 Å². The van der Waals surface area contributed by atoms with Crippen LogP contribution in [0, 0.1) is 17.2 Å². The van der Waals surface area contributed by atoms with Gasteiger partial charge in [0.05, 0.1) is 12.6 Å². The Bertz CT molecular complexity index is 722. The number of hydrogen-bond donors (Lipinski definition) is 1. The summed E-state index contributed by atoms with van der Waals surface area (Å²) in [7, 11) is 0. The minimum Gasteiger partial charge on any atom is -0.454 e. The predicted molar refractivity (Wildman–Crippen MR) is 101 cm³/mol. The first-order valence-electron chi connectivity index (χ1n) is 9.45. The molecule has 1 aromatic carbocycles. The molecule has 1 aromatic rings. The molecule has 2 aliphatic rings. The fourth-order valence-electron chi connectivity index (χ4n) is 3.24. The Morgan fingerprint density at radius 2 is 1.89 bits per heavy atom. The summed E-state index contributed by atoms with van der Waals surface area (Å²) in [4.78, 5) is 16.8. The Morgan fingerprint density at radius 1 is 1.22 bits per heavy atom. The second kappa shape index (κ2) is 8.15. The van der Waals surface area contributed by atoms with Crippen molar-refractivity contribution in [1.82, 2.24) is 15.1 Å². The molecule has 1 amide bonds. The molecule has 1 atom stereocenters. The minimum absolute atomic E-state index is 0.0602. The van der Waals surface area contributed by atoms with Crippen molar-refractivity contribution in [2.75, 3.05) is 39.5 Å². The molecule has 1 N–H and O–H groups in total. The fraction of sp³-hybridized carbons (Fsp3) is 0.600. The lowest BCUT2D eigenvalue weighted by Gasteiger charge is -2.35. The van der Waals surface area contributed by atoms with Gasteiger partial charge in [0, 0.05) is 32.7 Å². The third-order valence-corrected chi connectivity index (χ3v) is 5.46. The van der Waals surface area contributed by atoms with Gasteiger partial charge in [-0.05, 0) is 30.5 Å². The third kappa shape index (κ3) is 4.71. The summed E-state index contributed by atoms with van der Waals surface area (Å²) in [6, 6.07) is 8.29. The number of nitriles is 1. The number of carbonyl (C=O) groups excluding carboxylic acids is 1. The maximum atomic E-state index is 12.3. The second-order valence-electron chi connectivity index (χ2n) is 7.76. The highest BCUT2D eigenvalue weighted by atomic mass is 16.7. The van der Waals surface area contributed by atoms with E-state index in [1.165, 1.54) is 5.56 Å². The maximum absolute atomic E-state index is 12.3. The van der Waals surface area contributed by atoms with E-state index in [-0.39, 0.29) is 11.8 Å². The second-order valence-corrected chi connectivity index (χ2v) is 7.76. The third-order valence-electron chi connectivity index (χ3n) is 5.46. The fourth-order valence-corrected chi connectivity index (χ4v) is 3.24. The summed E-state index contributed by atoms with van der Waals surface area (Å²) >= 11 is 0. The standard InChI is InChI=1S/C20H28N4O3/c1-15(2)20(3,13-21)22-19(25)12-24-8-6-23(7-9-24)11-16-4-5-17-18(10-16)27-14-26-17/h4-5,10,15H,6-9,11-12,14H2,1-3H3,(H,22,25)/t20-/m0/s1. The lowest BCUT2D eigenvalue weighted by Crippen LogP contribution is -2.54. The van der Waals surface area contributed by atoms with E-state index < -0.39 is 5.54 Å². The average Bonchev–Trinajstić information content (AvgIpc) is 3.10. The number of nitrogens with one attached hydrogen (secondary N) is 1. The molecule has 0 radical (unpaired) electrons. The van der Waals surface area contributed by atoms with Crippen molar-refractivity contribution in [2.24, 2.45) is 5.92 Å². The van der Waals surface area contributed by atoms with Crippen LogP contribution in [0.15, 0.2) is 18.2 Å². The molecule has 0 spiro atoms. The number of rotatable bonds is 6. The van der Waals surface area contributed by atoms with Crippen LogP contribution in [0.4, 0.5) is 0 Å². The number of carbonyl (C=O) groups is 1. The molecule has 7 nitrogen and oxygen atoms in total. The van der Waals surface area contributed by atoms with Gasteiger partial charge >= 0.3 is 0 Å². The Morgan fingerprint density at radius 3 is 2.56 bits per heavy atom. The Kier molecular flexibility index (Phi) is 5.88. The zero-order valence-corrected chi connectivity index (χ0v) is 16.3. The number of piperazine rings is 1. The zero-order chi connectivity index (χ0) is 19.4. The molecule has 1 saturated heterocycles. The average molecular weight is 372 g/mol. The van der Waals surface area contributed by atoms with E-state index >= 15 is 0 Å². The van der Waals surface area contributed by atoms with Crippen molar-refractivity contribution < 1.29 is 14.3 Å². The van der Waals surface area contributed by atoms with Gasteiger partial charge in [0.15, 0.2) is 11.5 Å². The normalized spacial score (nSPS) is 19.5. The van der Waals surface area contributed by atoms with Gasteiger partial charge in [-0.2, -0.15) is 5.26 Å². The van der Waals surface area contributed by atoms with E-state index in [9.17, 15) is 10.1 Å². The highest BCUT2D eigenvalue weighted by Gasteiger charge is 2.30. The zero-order valence-electron chi connectivity index (χ0n) is 16.3. The summed E-state index contributed by atoms with van der Waals surface area (Å²) in [6.07, 6.45) is 0. The van der Waals surface area contributed by atoms with E-state index in [2.05, 4.69) is 27.3 Å². The number of amides is 1. The molecule has 0 aromatic heterocycles. The van der Waals surface area contributed by atoms with E-state index in [4.69, 9.17) is 9.47 Å². The van der Waals surface area contributed by atoms with Crippen molar-refractivity contribution >= 4 is 5.91 Å². The molecule has 27 heavy (non-hydrogen) atoms.